The second kappa shape index (κ2) is 9.06. The highest BCUT2D eigenvalue weighted by atomic mass is 16.5. The summed E-state index contributed by atoms with van der Waals surface area (Å²) in [5.74, 6) is 0.593. The molecule has 0 spiro atoms. The van der Waals surface area contributed by atoms with Crippen molar-refractivity contribution in [3.05, 3.63) is 29.6 Å². The third kappa shape index (κ3) is 5.61. The van der Waals surface area contributed by atoms with E-state index in [1.807, 2.05) is 6.20 Å². The van der Waals surface area contributed by atoms with E-state index in [-0.39, 0.29) is 0 Å². The van der Waals surface area contributed by atoms with Gasteiger partial charge in [-0.2, -0.15) is 0 Å². The minimum atomic E-state index is 0.593. The Morgan fingerprint density at radius 3 is 2.33 bits per heavy atom. The van der Waals surface area contributed by atoms with Crippen molar-refractivity contribution in [2.45, 2.75) is 39.5 Å². The van der Waals surface area contributed by atoms with E-state index in [4.69, 9.17) is 4.74 Å². The fourth-order valence-electron chi connectivity index (χ4n) is 1.66. The molecule has 18 heavy (non-hydrogen) atoms. The SMILES string of the molecule is C1COCCN1.CCc1ccc(C(C)CC)nc1. The highest BCUT2D eigenvalue weighted by Crippen LogP contribution is 2.15. The summed E-state index contributed by atoms with van der Waals surface area (Å²) in [6.07, 6.45) is 4.23. The van der Waals surface area contributed by atoms with Crippen molar-refractivity contribution in [1.82, 2.24) is 10.3 Å². The Kier molecular flexibility index (Phi) is 7.62. The molecule has 3 heteroatoms. The third-order valence-corrected chi connectivity index (χ3v) is 3.22. The smallest absolute Gasteiger partial charge is 0.0591 e. The molecule has 0 radical (unpaired) electrons. The van der Waals surface area contributed by atoms with Crippen LogP contribution in [0.15, 0.2) is 18.3 Å². The average Bonchev–Trinajstić information content (AvgIpc) is 2.49. The van der Waals surface area contributed by atoms with Crippen molar-refractivity contribution >= 4 is 0 Å². The van der Waals surface area contributed by atoms with Gasteiger partial charge in [0.1, 0.15) is 0 Å². The zero-order valence-corrected chi connectivity index (χ0v) is 11.9. The number of hydrogen-bond donors (Lipinski definition) is 1. The summed E-state index contributed by atoms with van der Waals surface area (Å²) < 4.78 is 5.01. The van der Waals surface area contributed by atoms with Crippen LogP contribution in [0.2, 0.25) is 0 Å². The number of rotatable bonds is 3. The maximum absolute atomic E-state index is 5.01. The summed E-state index contributed by atoms with van der Waals surface area (Å²) in [5.41, 5.74) is 2.54. The molecule has 1 aromatic heterocycles. The van der Waals surface area contributed by atoms with Crippen LogP contribution in [-0.4, -0.2) is 31.3 Å². The average molecular weight is 250 g/mol. The van der Waals surface area contributed by atoms with Gasteiger partial charge >= 0.3 is 0 Å². The summed E-state index contributed by atoms with van der Waals surface area (Å²) in [6.45, 7) is 10.4. The lowest BCUT2D eigenvalue weighted by Crippen LogP contribution is -2.30. The van der Waals surface area contributed by atoms with Gasteiger partial charge in [0.2, 0.25) is 0 Å². The lowest BCUT2D eigenvalue weighted by Gasteiger charge is -2.10. The maximum atomic E-state index is 5.01. The fourth-order valence-corrected chi connectivity index (χ4v) is 1.66. The number of aromatic nitrogens is 1. The van der Waals surface area contributed by atoms with Gasteiger partial charge in [0, 0.05) is 25.0 Å². The summed E-state index contributed by atoms with van der Waals surface area (Å²) in [6, 6.07) is 4.32. The lowest BCUT2D eigenvalue weighted by molar-refractivity contribution is 0.109. The van der Waals surface area contributed by atoms with Gasteiger partial charge in [-0.3, -0.25) is 4.98 Å². The molecule has 2 rings (SSSR count). The van der Waals surface area contributed by atoms with Gasteiger partial charge in [0.25, 0.3) is 0 Å². The third-order valence-electron chi connectivity index (χ3n) is 3.22. The van der Waals surface area contributed by atoms with Gasteiger partial charge in [-0.15, -0.1) is 0 Å². The quantitative estimate of drug-likeness (QED) is 0.895. The lowest BCUT2D eigenvalue weighted by atomic mass is 10.0. The van der Waals surface area contributed by atoms with Crippen molar-refractivity contribution in [2.24, 2.45) is 0 Å². The standard InChI is InChI=1S/C11H17N.C4H9NO/c1-4-9(3)11-7-6-10(5-2)8-12-11;1-3-6-4-2-5-1/h6-9H,4-5H2,1-3H3;5H,1-4H2. The Hall–Kier alpha value is -0.930. The summed E-state index contributed by atoms with van der Waals surface area (Å²) in [7, 11) is 0. The van der Waals surface area contributed by atoms with Crippen LogP contribution < -0.4 is 5.32 Å². The van der Waals surface area contributed by atoms with Gasteiger partial charge < -0.3 is 10.1 Å². The minimum absolute atomic E-state index is 0.593. The molecule has 1 aromatic rings. The second-order valence-corrected chi connectivity index (χ2v) is 4.62. The van der Waals surface area contributed by atoms with Crippen LogP contribution in [0.25, 0.3) is 0 Å². The van der Waals surface area contributed by atoms with Gasteiger partial charge in [0.15, 0.2) is 0 Å². The predicted molar refractivity (Wildman–Crippen MR) is 76.0 cm³/mol. The summed E-state index contributed by atoms with van der Waals surface area (Å²) in [5, 5.41) is 3.16. The van der Waals surface area contributed by atoms with Crippen molar-refractivity contribution in [2.75, 3.05) is 26.3 Å². The molecule has 0 saturated carbocycles. The molecule has 0 bridgehead atoms. The maximum Gasteiger partial charge on any atom is 0.0591 e. The molecule has 1 aliphatic heterocycles. The van der Waals surface area contributed by atoms with Crippen LogP contribution in [0.1, 0.15) is 44.4 Å². The number of nitrogens with zero attached hydrogens (tertiary/aromatic N) is 1. The Morgan fingerprint density at radius 1 is 1.28 bits per heavy atom. The number of nitrogens with one attached hydrogen (secondary N) is 1. The first-order valence-electron chi connectivity index (χ1n) is 7.01. The van der Waals surface area contributed by atoms with Crippen molar-refractivity contribution in [3.8, 4) is 0 Å². The molecule has 0 aliphatic carbocycles. The first kappa shape index (κ1) is 15.1. The van der Waals surface area contributed by atoms with Crippen LogP contribution in [-0.2, 0) is 11.2 Å². The number of morpholine rings is 1. The normalized spacial score (nSPS) is 16.6. The molecule has 1 aliphatic rings. The zero-order chi connectivity index (χ0) is 13.2. The second-order valence-electron chi connectivity index (χ2n) is 4.62. The molecule has 1 unspecified atom stereocenters. The fraction of sp³-hybridized carbons (Fsp3) is 0.667. The summed E-state index contributed by atoms with van der Waals surface area (Å²) >= 11 is 0. The van der Waals surface area contributed by atoms with Crippen LogP contribution in [0.3, 0.4) is 0 Å². The van der Waals surface area contributed by atoms with E-state index in [0.29, 0.717) is 5.92 Å². The Bertz CT molecular complexity index is 295. The number of pyridine rings is 1. The van der Waals surface area contributed by atoms with E-state index in [9.17, 15) is 0 Å². The minimum Gasteiger partial charge on any atom is -0.379 e. The van der Waals surface area contributed by atoms with Crippen molar-refractivity contribution in [3.63, 3.8) is 0 Å². The van der Waals surface area contributed by atoms with E-state index < -0.39 is 0 Å². The summed E-state index contributed by atoms with van der Waals surface area (Å²) in [4.78, 5) is 4.42. The zero-order valence-electron chi connectivity index (χ0n) is 11.9. The predicted octanol–water partition coefficient (Wildman–Crippen LogP) is 2.76. The Balaban J connectivity index is 0.000000225. The number of aryl methyl sites for hydroxylation is 1. The van der Waals surface area contributed by atoms with Crippen LogP contribution in [0.5, 0.6) is 0 Å². The van der Waals surface area contributed by atoms with Gasteiger partial charge in [-0.25, -0.2) is 0 Å². The number of hydrogen-bond acceptors (Lipinski definition) is 3. The van der Waals surface area contributed by atoms with Crippen LogP contribution in [0.4, 0.5) is 0 Å². The highest BCUT2D eigenvalue weighted by molar-refractivity contribution is 5.16. The molecule has 0 aromatic carbocycles. The molecule has 3 nitrogen and oxygen atoms in total. The monoisotopic (exact) mass is 250 g/mol. The molecule has 1 N–H and O–H groups in total. The van der Waals surface area contributed by atoms with E-state index in [2.05, 4.69) is 43.2 Å². The largest absolute Gasteiger partial charge is 0.379 e. The molecular formula is C15H26N2O. The van der Waals surface area contributed by atoms with E-state index >= 15 is 0 Å². The van der Waals surface area contributed by atoms with E-state index in [0.717, 1.165) is 32.7 Å². The molecule has 1 fully saturated rings. The molecule has 1 atom stereocenters. The molecule has 0 amide bonds. The topological polar surface area (TPSA) is 34.1 Å². The molecule has 102 valence electrons. The Morgan fingerprint density at radius 2 is 2.00 bits per heavy atom. The van der Waals surface area contributed by atoms with Crippen molar-refractivity contribution < 1.29 is 4.74 Å². The highest BCUT2D eigenvalue weighted by Gasteiger charge is 2.02. The molecular weight excluding hydrogens is 224 g/mol. The first-order valence-corrected chi connectivity index (χ1v) is 7.01. The van der Waals surface area contributed by atoms with Crippen LogP contribution in [0, 0.1) is 0 Å². The van der Waals surface area contributed by atoms with Crippen LogP contribution >= 0.6 is 0 Å². The first-order chi connectivity index (χ1) is 8.77. The van der Waals surface area contributed by atoms with Crippen molar-refractivity contribution in [1.29, 1.82) is 0 Å². The Labute approximate surface area is 111 Å². The van der Waals surface area contributed by atoms with E-state index in [1.165, 1.54) is 17.7 Å². The van der Waals surface area contributed by atoms with Gasteiger partial charge in [-0.05, 0) is 30.4 Å². The van der Waals surface area contributed by atoms with Gasteiger partial charge in [0.05, 0.1) is 13.2 Å². The van der Waals surface area contributed by atoms with Gasteiger partial charge in [-0.1, -0.05) is 26.8 Å². The number of ether oxygens (including phenoxy) is 1. The van der Waals surface area contributed by atoms with E-state index in [1.54, 1.807) is 0 Å². The molecule has 2 heterocycles. The molecule has 1 saturated heterocycles.